The lowest BCUT2D eigenvalue weighted by Crippen LogP contribution is -2.01. The van der Waals surface area contributed by atoms with E-state index >= 15 is 0 Å². The van der Waals surface area contributed by atoms with Crippen LogP contribution in [-0.2, 0) is 0 Å². The maximum absolute atomic E-state index is 12.7. The van der Waals surface area contributed by atoms with Crippen LogP contribution in [0.2, 0.25) is 0 Å². The third-order valence-electron chi connectivity index (χ3n) is 5.16. The van der Waals surface area contributed by atoms with Crippen LogP contribution < -0.4 is 5.63 Å². The van der Waals surface area contributed by atoms with E-state index in [9.17, 15) is 4.79 Å². The third-order valence-corrected chi connectivity index (χ3v) is 5.66. The van der Waals surface area contributed by atoms with Crippen LogP contribution in [-0.4, -0.2) is 0 Å². The van der Waals surface area contributed by atoms with E-state index in [-0.39, 0.29) is 0 Å². The average Bonchev–Trinajstić information content (AvgIpc) is 3.19. The maximum Gasteiger partial charge on any atom is 0.347 e. The Kier molecular flexibility index (Phi) is 4.64. The molecule has 0 spiro atoms. The van der Waals surface area contributed by atoms with Gasteiger partial charge in [-0.3, -0.25) is 0 Å². The molecule has 0 fully saturated rings. The van der Waals surface area contributed by atoms with E-state index in [0.717, 1.165) is 37.9 Å². The van der Waals surface area contributed by atoms with Crippen molar-refractivity contribution in [1.29, 1.82) is 0 Å². The molecular formula is C26H17BrO3. The lowest BCUT2D eigenvalue weighted by atomic mass is 9.97. The molecule has 146 valence electrons. The second-order valence-corrected chi connectivity index (χ2v) is 8.08. The maximum atomic E-state index is 12.7. The SMILES string of the molecule is Cc1ccccc1-c1cc(-c2cc3cc(Br)ccc3oc2=O)oc1-c1ccccc1. The normalized spacial score (nSPS) is 11.1. The topological polar surface area (TPSA) is 43.4 Å². The standard InChI is InChI=1S/C26H17BrO3/c1-16-7-5-6-10-20(16)21-15-24(29-25(21)17-8-3-2-4-9-17)22-14-18-13-19(27)11-12-23(18)30-26(22)28/h2-15H,1H3. The predicted molar refractivity (Wildman–Crippen MR) is 123 cm³/mol. The number of hydrogen-bond donors (Lipinski definition) is 0. The minimum Gasteiger partial charge on any atom is -0.455 e. The summed E-state index contributed by atoms with van der Waals surface area (Å²) in [6.45, 7) is 2.07. The van der Waals surface area contributed by atoms with Crippen molar-refractivity contribution < 1.29 is 8.83 Å². The van der Waals surface area contributed by atoms with E-state index in [4.69, 9.17) is 8.83 Å². The predicted octanol–water partition coefficient (Wildman–Crippen LogP) is 7.46. The highest BCUT2D eigenvalue weighted by molar-refractivity contribution is 9.10. The van der Waals surface area contributed by atoms with Gasteiger partial charge in [0.05, 0.1) is 0 Å². The quantitative estimate of drug-likeness (QED) is 0.264. The van der Waals surface area contributed by atoms with Crippen molar-refractivity contribution in [3.8, 4) is 33.8 Å². The number of furan rings is 1. The first kappa shape index (κ1) is 18.6. The molecule has 4 heteroatoms. The van der Waals surface area contributed by atoms with Gasteiger partial charge in [-0.05, 0) is 48.4 Å². The van der Waals surface area contributed by atoms with E-state index in [1.807, 2.05) is 66.7 Å². The molecule has 0 atom stereocenters. The molecule has 0 aliphatic rings. The fourth-order valence-electron chi connectivity index (χ4n) is 3.67. The van der Waals surface area contributed by atoms with Crippen molar-refractivity contribution in [1.82, 2.24) is 0 Å². The van der Waals surface area contributed by atoms with Crippen LogP contribution >= 0.6 is 15.9 Å². The van der Waals surface area contributed by atoms with Gasteiger partial charge in [0.25, 0.3) is 0 Å². The van der Waals surface area contributed by atoms with E-state index in [0.29, 0.717) is 16.9 Å². The van der Waals surface area contributed by atoms with Crippen LogP contribution in [0.15, 0.2) is 103 Å². The number of benzene rings is 3. The minimum absolute atomic E-state index is 0.401. The third kappa shape index (κ3) is 3.29. The largest absolute Gasteiger partial charge is 0.455 e. The second-order valence-electron chi connectivity index (χ2n) is 7.16. The monoisotopic (exact) mass is 456 g/mol. The van der Waals surface area contributed by atoms with Crippen molar-refractivity contribution in [2.45, 2.75) is 6.92 Å². The van der Waals surface area contributed by atoms with Crippen LogP contribution in [0, 0.1) is 6.92 Å². The first-order chi connectivity index (χ1) is 14.6. The Labute approximate surface area is 181 Å². The Hall–Kier alpha value is -3.37. The van der Waals surface area contributed by atoms with Gasteiger partial charge < -0.3 is 8.83 Å². The Bertz CT molecular complexity index is 1430. The lowest BCUT2D eigenvalue weighted by Gasteiger charge is -2.06. The van der Waals surface area contributed by atoms with E-state index in [1.165, 1.54) is 0 Å². The second kappa shape index (κ2) is 7.47. The number of fused-ring (bicyclic) bond motifs is 1. The molecule has 3 nitrogen and oxygen atoms in total. The van der Waals surface area contributed by atoms with Gasteiger partial charge in [0, 0.05) is 21.0 Å². The van der Waals surface area contributed by atoms with Crippen LogP contribution in [0.5, 0.6) is 0 Å². The summed E-state index contributed by atoms with van der Waals surface area (Å²) in [6, 6.07) is 27.4. The molecule has 30 heavy (non-hydrogen) atoms. The molecule has 0 amide bonds. The molecule has 0 aliphatic heterocycles. The average molecular weight is 457 g/mol. The summed E-state index contributed by atoms with van der Waals surface area (Å²) in [4.78, 5) is 12.7. The van der Waals surface area contributed by atoms with Crippen LogP contribution in [0.3, 0.4) is 0 Å². The molecule has 0 bridgehead atoms. The zero-order valence-electron chi connectivity index (χ0n) is 16.2. The first-order valence-electron chi connectivity index (χ1n) is 9.59. The van der Waals surface area contributed by atoms with Gasteiger partial charge in [-0.2, -0.15) is 0 Å². The molecule has 0 saturated heterocycles. The highest BCUT2D eigenvalue weighted by Crippen LogP contribution is 2.39. The van der Waals surface area contributed by atoms with Crippen molar-refractivity contribution in [2.75, 3.05) is 0 Å². The molecule has 5 rings (SSSR count). The summed E-state index contributed by atoms with van der Waals surface area (Å²) < 4.78 is 12.8. The molecule has 2 aromatic heterocycles. The van der Waals surface area contributed by atoms with Crippen molar-refractivity contribution in [2.24, 2.45) is 0 Å². The summed E-state index contributed by atoms with van der Waals surface area (Å²) in [7, 11) is 0. The van der Waals surface area contributed by atoms with Gasteiger partial charge in [0.2, 0.25) is 0 Å². The molecule has 0 N–H and O–H groups in total. The van der Waals surface area contributed by atoms with Crippen molar-refractivity contribution >= 4 is 26.9 Å². The fourth-order valence-corrected chi connectivity index (χ4v) is 4.05. The summed E-state index contributed by atoms with van der Waals surface area (Å²) >= 11 is 3.47. The van der Waals surface area contributed by atoms with Crippen LogP contribution in [0.4, 0.5) is 0 Å². The summed E-state index contributed by atoms with van der Waals surface area (Å²) in [5.41, 5.74) is 4.63. The highest BCUT2D eigenvalue weighted by atomic mass is 79.9. The van der Waals surface area contributed by atoms with Gasteiger partial charge in [0.15, 0.2) is 0 Å². The van der Waals surface area contributed by atoms with Gasteiger partial charge in [0.1, 0.15) is 22.7 Å². The van der Waals surface area contributed by atoms with Gasteiger partial charge >= 0.3 is 5.63 Å². The minimum atomic E-state index is -0.422. The first-order valence-corrected chi connectivity index (χ1v) is 10.4. The van der Waals surface area contributed by atoms with E-state index in [1.54, 1.807) is 6.07 Å². The van der Waals surface area contributed by atoms with Crippen LogP contribution in [0.25, 0.3) is 44.7 Å². The fraction of sp³-hybridized carbons (Fsp3) is 0.0385. The molecule has 5 aromatic rings. The van der Waals surface area contributed by atoms with Gasteiger partial charge in [-0.15, -0.1) is 0 Å². The Morgan fingerprint density at radius 3 is 2.30 bits per heavy atom. The zero-order valence-corrected chi connectivity index (χ0v) is 17.8. The molecule has 0 radical (unpaired) electrons. The lowest BCUT2D eigenvalue weighted by molar-refractivity contribution is 0.551. The van der Waals surface area contributed by atoms with E-state index in [2.05, 4.69) is 35.0 Å². The van der Waals surface area contributed by atoms with Crippen molar-refractivity contribution in [3.63, 3.8) is 0 Å². The Morgan fingerprint density at radius 2 is 1.50 bits per heavy atom. The molecule has 3 aromatic carbocycles. The molecule has 0 saturated carbocycles. The van der Waals surface area contributed by atoms with Gasteiger partial charge in [-0.25, -0.2) is 4.79 Å². The Morgan fingerprint density at radius 1 is 0.733 bits per heavy atom. The van der Waals surface area contributed by atoms with Gasteiger partial charge in [-0.1, -0.05) is 70.5 Å². The molecule has 0 aliphatic carbocycles. The molecular weight excluding hydrogens is 440 g/mol. The smallest absolute Gasteiger partial charge is 0.347 e. The highest BCUT2D eigenvalue weighted by Gasteiger charge is 2.19. The summed E-state index contributed by atoms with van der Waals surface area (Å²) in [5, 5.41) is 0.828. The number of aryl methyl sites for hydroxylation is 1. The molecule has 0 unspecified atom stereocenters. The number of rotatable bonds is 3. The summed E-state index contributed by atoms with van der Waals surface area (Å²) in [5.74, 6) is 1.22. The number of hydrogen-bond acceptors (Lipinski definition) is 3. The van der Waals surface area contributed by atoms with Crippen LogP contribution in [0.1, 0.15) is 5.56 Å². The molecule has 2 heterocycles. The Balaban J connectivity index is 1.77. The zero-order chi connectivity index (χ0) is 20.7. The van der Waals surface area contributed by atoms with E-state index < -0.39 is 5.63 Å². The summed E-state index contributed by atoms with van der Waals surface area (Å²) in [6.07, 6.45) is 0. The van der Waals surface area contributed by atoms with Crippen molar-refractivity contribution in [3.05, 3.63) is 105 Å². The number of halogens is 1.